The monoisotopic (exact) mass is 264 g/mol. The van der Waals surface area contributed by atoms with Crippen LogP contribution < -0.4 is 11.1 Å². The van der Waals surface area contributed by atoms with Crippen molar-refractivity contribution in [3.8, 4) is 0 Å². The fourth-order valence-electron chi connectivity index (χ4n) is 2.66. The van der Waals surface area contributed by atoms with Gasteiger partial charge in [-0.25, -0.2) is 4.98 Å². The number of unbranched alkanes of at least 4 members (excludes halogenated alkanes) is 1. The Labute approximate surface area is 114 Å². The average Bonchev–Trinajstić information content (AvgIpc) is 2.98. The number of aryl methyl sites for hydroxylation is 2. The van der Waals surface area contributed by atoms with E-state index in [1.54, 1.807) is 0 Å². The van der Waals surface area contributed by atoms with Gasteiger partial charge in [0.25, 0.3) is 0 Å². The summed E-state index contributed by atoms with van der Waals surface area (Å²) in [5.41, 5.74) is 5.82. The van der Waals surface area contributed by atoms with Crippen LogP contribution in [0, 0.1) is 12.8 Å². The minimum atomic E-state index is 0.144. The molecule has 5 nitrogen and oxygen atoms in total. The van der Waals surface area contributed by atoms with Gasteiger partial charge >= 0.3 is 0 Å². The first-order chi connectivity index (χ1) is 9.16. The second-order valence-electron chi connectivity index (χ2n) is 5.44. The fourth-order valence-corrected chi connectivity index (χ4v) is 2.66. The Kier molecular flexibility index (Phi) is 4.96. The molecule has 0 aliphatic heterocycles. The number of hydrogen-bond acceptors (Lipinski definition) is 3. The van der Waals surface area contributed by atoms with E-state index in [4.69, 9.17) is 5.73 Å². The maximum Gasteiger partial charge on any atom is 0.223 e. The van der Waals surface area contributed by atoms with Crippen LogP contribution in [0.25, 0.3) is 0 Å². The molecule has 1 heterocycles. The Bertz CT molecular complexity index is 415. The van der Waals surface area contributed by atoms with E-state index in [1.807, 2.05) is 19.3 Å². The largest absolute Gasteiger partial charge is 0.356 e. The number of nitrogens with two attached hydrogens (primary N) is 1. The Morgan fingerprint density at radius 3 is 3.00 bits per heavy atom. The lowest BCUT2D eigenvalue weighted by Crippen LogP contribution is -2.31. The molecule has 1 saturated carbocycles. The van der Waals surface area contributed by atoms with Gasteiger partial charge in [-0.15, -0.1) is 0 Å². The second-order valence-corrected chi connectivity index (χ2v) is 5.44. The molecule has 1 aromatic rings. The Morgan fingerprint density at radius 1 is 1.53 bits per heavy atom. The van der Waals surface area contributed by atoms with Crippen LogP contribution in [0.2, 0.25) is 0 Å². The maximum atomic E-state index is 11.9. The Hall–Kier alpha value is -1.36. The SMILES string of the molecule is Cc1nccn1CCCCNC(=O)C1CCC(N)C1. The zero-order chi connectivity index (χ0) is 13.7. The molecule has 5 heteroatoms. The van der Waals surface area contributed by atoms with Crippen LogP contribution in [0.15, 0.2) is 12.4 Å². The topological polar surface area (TPSA) is 72.9 Å². The van der Waals surface area contributed by atoms with Crippen LogP contribution in [-0.4, -0.2) is 28.0 Å². The molecule has 19 heavy (non-hydrogen) atoms. The molecule has 3 N–H and O–H groups in total. The summed E-state index contributed by atoms with van der Waals surface area (Å²) < 4.78 is 2.14. The van der Waals surface area contributed by atoms with Gasteiger partial charge in [0.1, 0.15) is 5.82 Å². The number of nitrogens with zero attached hydrogens (tertiary/aromatic N) is 2. The highest BCUT2D eigenvalue weighted by molar-refractivity contribution is 5.78. The first kappa shape index (κ1) is 14.1. The van der Waals surface area contributed by atoms with E-state index in [2.05, 4.69) is 14.9 Å². The van der Waals surface area contributed by atoms with Crippen LogP contribution in [0.3, 0.4) is 0 Å². The molecule has 2 rings (SSSR count). The number of carbonyl (C=O) groups excluding carboxylic acids is 1. The number of imidazole rings is 1. The van der Waals surface area contributed by atoms with Gasteiger partial charge in [0, 0.05) is 37.4 Å². The predicted octanol–water partition coefficient (Wildman–Crippen LogP) is 1.22. The van der Waals surface area contributed by atoms with Crippen molar-refractivity contribution in [2.24, 2.45) is 11.7 Å². The number of hydrogen-bond donors (Lipinski definition) is 2. The lowest BCUT2D eigenvalue weighted by Gasteiger charge is -2.11. The predicted molar refractivity (Wildman–Crippen MR) is 74.5 cm³/mol. The molecule has 0 radical (unpaired) electrons. The van der Waals surface area contributed by atoms with Crippen molar-refractivity contribution in [1.29, 1.82) is 0 Å². The molecule has 2 atom stereocenters. The van der Waals surface area contributed by atoms with Gasteiger partial charge < -0.3 is 15.6 Å². The van der Waals surface area contributed by atoms with E-state index in [1.165, 1.54) is 0 Å². The average molecular weight is 264 g/mol. The highest BCUT2D eigenvalue weighted by atomic mass is 16.1. The summed E-state index contributed by atoms with van der Waals surface area (Å²) >= 11 is 0. The molecule has 0 spiro atoms. The Balaban J connectivity index is 1.57. The Morgan fingerprint density at radius 2 is 2.37 bits per heavy atom. The summed E-state index contributed by atoms with van der Waals surface area (Å²) in [5.74, 6) is 1.38. The number of amides is 1. The molecule has 0 saturated heterocycles. The first-order valence-electron chi connectivity index (χ1n) is 7.18. The van der Waals surface area contributed by atoms with Gasteiger partial charge in [-0.05, 0) is 39.0 Å². The van der Waals surface area contributed by atoms with Crippen molar-refractivity contribution in [1.82, 2.24) is 14.9 Å². The van der Waals surface area contributed by atoms with Crippen molar-refractivity contribution in [2.45, 2.75) is 51.6 Å². The zero-order valence-electron chi connectivity index (χ0n) is 11.6. The molecule has 0 aromatic carbocycles. The summed E-state index contributed by atoms with van der Waals surface area (Å²) in [6, 6.07) is 0.222. The van der Waals surface area contributed by atoms with E-state index in [0.717, 1.165) is 51.0 Å². The lowest BCUT2D eigenvalue weighted by molar-refractivity contribution is -0.124. The molecule has 1 fully saturated rings. The zero-order valence-corrected chi connectivity index (χ0v) is 11.6. The summed E-state index contributed by atoms with van der Waals surface area (Å²) in [6.07, 6.45) is 8.65. The van der Waals surface area contributed by atoms with Gasteiger partial charge in [0.15, 0.2) is 0 Å². The van der Waals surface area contributed by atoms with Crippen molar-refractivity contribution in [3.05, 3.63) is 18.2 Å². The third kappa shape index (κ3) is 4.06. The lowest BCUT2D eigenvalue weighted by atomic mass is 10.1. The molecule has 2 unspecified atom stereocenters. The maximum absolute atomic E-state index is 11.9. The summed E-state index contributed by atoms with van der Waals surface area (Å²) in [7, 11) is 0. The van der Waals surface area contributed by atoms with Crippen LogP contribution in [0.1, 0.15) is 37.9 Å². The number of carbonyl (C=O) groups is 1. The van der Waals surface area contributed by atoms with E-state index in [9.17, 15) is 4.79 Å². The molecule has 0 bridgehead atoms. The minimum Gasteiger partial charge on any atom is -0.356 e. The van der Waals surface area contributed by atoms with Crippen molar-refractivity contribution in [2.75, 3.05) is 6.54 Å². The van der Waals surface area contributed by atoms with Gasteiger partial charge in [-0.2, -0.15) is 0 Å². The van der Waals surface area contributed by atoms with Crippen LogP contribution in [0.5, 0.6) is 0 Å². The standard InChI is InChI=1S/C14H24N4O/c1-11-16-7-9-18(11)8-3-2-6-17-14(19)12-4-5-13(15)10-12/h7,9,12-13H,2-6,8,10,15H2,1H3,(H,17,19). The molecule has 1 aliphatic rings. The second kappa shape index (κ2) is 6.70. The number of nitrogens with one attached hydrogen (secondary N) is 1. The minimum absolute atomic E-state index is 0.144. The highest BCUT2D eigenvalue weighted by Crippen LogP contribution is 2.23. The molecular formula is C14H24N4O. The van der Waals surface area contributed by atoms with Crippen LogP contribution in [-0.2, 0) is 11.3 Å². The molecule has 106 valence electrons. The van der Waals surface area contributed by atoms with Crippen molar-refractivity contribution < 1.29 is 4.79 Å². The number of rotatable bonds is 6. The van der Waals surface area contributed by atoms with Gasteiger partial charge in [0.05, 0.1) is 0 Å². The fraction of sp³-hybridized carbons (Fsp3) is 0.714. The van der Waals surface area contributed by atoms with E-state index in [-0.39, 0.29) is 17.9 Å². The van der Waals surface area contributed by atoms with Crippen molar-refractivity contribution >= 4 is 5.91 Å². The van der Waals surface area contributed by atoms with E-state index in [0.29, 0.717) is 0 Å². The molecule has 1 amide bonds. The van der Waals surface area contributed by atoms with E-state index >= 15 is 0 Å². The normalized spacial score (nSPS) is 22.6. The van der Waals surface area contributed by atoms with Gasteiger partial charge in [-0.3, -0.25) is 4.79 Å². The van der Waals surface area contributed by atoms with E-state index < -0.39 is 0 Å². The molecule has 1 aromatic heterocycles. The molecular weight excluding hydrogens is 240 g/mol. The molecule has 1 aliphatic carbocycles. The summed E-state index contributed by atoms with van der Waals surface area (Å²) in [4.78, 5) is 16.0. The summed E-state index contributed by atoms with van der Waals surface area (Å²) in [6.45, 7) is 3.74. The van der Waals surface area contributed by atoms with Gasteiger partial charge in [-0.1, -0.05) is 0 Å². The van der Waals surface area contributed by atoms with Crippen molar-refractivity contribution in [3.63, 3.8) is 0 Å². The quantitative estimate of drug-likeness (QED) is 0.759. The highest BCUT2D eigenvalue weighted by Gasteiger charge is 2.27. The third-order valence-electron chi connectivity index (χ3n) is 3.89. The van der Waals surface area contributed by atoms with Crippen LogP contribution in [0.4, 0.5) is 0 Å². The first-order valence-corrected chi connectivity index (χ1v) is 7.18. The smallest absolute Gasteiger partial charge is 0.223 e. The number of aromatic nitrogens is 2. The summed E-state index contributed by atoms with van der Waals surface area (Å²) in [5, 5.41) is 3.02. The van der Waals surface area contributed by atoms with Gasteiger partial charge in [0.2, 0.25) is 5.91 Å². The third-order valence-corrected chi connectivity index (χ3v) is 3.89. The van der Waals surface area contributed by atoms with Crippen LogP contribution >= 0.6 is 0 Å².